The Morgan fingerprint density at radius 3 is 2.60 bits per heavy atom. The number of hydrogen-bond acceptors (Lipinski definition) is 2. The molecule has 0 fully saturated rings. The van der Waals surface area contributed by atoms with Gasteiger partial charge in [-0.1, -0.05) is 44.0 Å². The van der Waals surface area contributed by atoms with E-state index in [1.54, 1.807) is 0 Å². The molecule has 0 bridgehead atoms. The van der Waals surface area contributed by atoms with Gasteiger partial charge >= 0.3 is 0 Å². The Balaban J connectivity index is 1.73. The lowest BCUT2D eigenvalue weighted by Gasteiger charge is -2.27. The van der Waals surface area contributed by atoms with Crippen molar-refractivity contribution in [2.75, 3.05) is 6.61 Å². The summed E-state index contributed by atoms with van der Waals surface area (Å²) in [6.45, 7) is 1.64. The van der Waals surface area contributed by atoms with E-state index in [4.69, 9.17) is 4.74 Å². The van der Waals surface area contributed by atoms with Crippen molar-refractivity contribution in [3.05, 3.63) is 62.5 Å². The van der Waals surface area contributed by atoms with Crippen LogP contribution in [0.25, 0.3) is 0 Å². The van der Waals surface area contributed by atoms with Crippen LogP contribution in [0.3, 0.4) is 0 Å². The van der Waals surface area contributed by atoms with Gasteiger partial charge in [0.2, 0.25) is 0 Å². The molecule has 2 aromatic carbocycles. The predicted octanol–water partition coefficient (Wildman–Crippen LogP) is 4.83. The van der Waals surface area contributed by atoms with Gasteiger partial charge in [0.05, 0.1) is 6.61 Å². The van der Waals surface area contributed by atoms with E-state index in [0.717, 1.165) is 34.3 Å². The Morgan fingerprint density at radius 1 is 1.05 bits per heavy atom. The minimum atomic E-state index is 0.347. The Labute approximate surface area is 135 Å². The topological polar surface area (TPSA) is 21.3 Å². The third kappa shape index (κ3) is 3.25. The van der Waals surface area contributed by atoms with Crippen LogP contribution in [0.1, 0.15) is 23.6 Å². The summed E-state index contributed by atoms with van der Waals surface area (Å²) < 4.78 is 7.92. The number of fused-ring (bicyclic) bond motifs is 1. The van der Waals surface area contributed by atoms with Gasteiger partial charge < -0.3 is 10.1 Å². The Bertz CT molecular complexity index is 598. The van der Waals surface area contributed by atoms with Crippen LogP contribution in [0.15, 0.2) is 51.4 Å². The van der Waals surface area contributed by atoms with Crippen molar-refractivity contribution in [3.8, 4) is 5.75 Å². The van der Waals surface area contributed by atoms with Crippen molar-refractivity contribution in [3.63, 3.8) is 0 Å². The van der Waals surface area contributed by atoms with Gasteiger partial charge in [0, 0.05) is 33.5 Å². The highest BCUT2D eigenvalue weighted by atomic mass is 79.9. The monoisotopic (exact) mass is 395 g/mol. The summed E-state index contributed by atoms with van der Waals surface area (Å²) in [5.74, 6) is 0.993. The second-order valence-electron chi connectivity index (χ2n) is 4.88. The molecule has 1 heterocycles. The Morgan fingerprint density at radius 2 is 1.80 bits per heavy atom. The van der Waals surface area contributed by atoms with E-state index in [1.807, 2.05) is 12.1 Å². The Kier molecular flexibility index (Phi) is 4.44. The van der Waals surface area contributed by atoms with Crippen molar-refractivity contribution in [2.45, 2.75) is 19.0 Å². The first-order valence-corrected chi connectivity index (χ1v) is 8.21. The van der Waals surface area contributed by atoms with Crippen molar-refractivity contribution in [1.82, 2.24) is 5.32 Å². The van der Waals surface area contributed by atoms with Crippen LogP contribution < -0.4 is 10.1 Å². The quantitative estimate of drug-likeness (QED) is 0.802. The summed E-state index contributed by atoms with van der Waals surface area (Å²) >= 11 is 6.99. The van der Waals surface area contributed by atoms with E-state index in [0.29, 0.717) is 6.04 Å². The zero-order valence-corrected chi connectivity index (χ0v) is 14.1. The van der Waals surface area contributed by atoms with Crippen LogP contribution in [0.4, 0.5) is 0 Å². The molecule has 1 aliphatic heterocycles. The van der Waals surface area contributed by atoms with E-state index < -0.39 is 0 Å². The van der Waals surface area contributed by atoms with Crippen LogP contribution in [0.5, 0.6) is 5.75 Å². The van der Waals surface area contributed by atoms with Gasteiger partial charge in [0.1, 0.15) is 5.75 Å². The molecule has 0 saturated carbocycles. The van der Waals surface area contributed by atoms with Gasteiger partial charge in [-0.05, 0) is 35.9 Å². The van der Waals surface area contributed by atoms with Crippen LogP contribution in [0, 0.1) is 0 Å². The first-order valence-electron chi connectivity index (χ1n) is 6.62. The lowest BCUT2D eigenvalue weighted by atomic mass is 10.0. The standard InChI is InChI=1S/C16H15Br2NO/c17-12-3-1-11(2-4-12)10-19-15-7-8-20-16-6-5-13(18)9-14(15)16/h1-6,9,15,19H,7-8,10H2. The number of ether oxygens (including phenoxy) is 1. The molecule has 4 heteroatoms. The minimum absolute atomic E-state index is 0.347. The fraction of sp³-hybridized carbons (Fsp3) is 0.250. The zero-order chi connectivity index (χ0) is 13.9. The molecule has 0 aliphatic carbocycles. The highest BCUT2D eigenvalue weighted by Crippen LogP contribution is 2.34. The fourth-order valence-corrected chi connectivity index (χ4v) is 3.06. The van der Waals surface area contributed by atoms with Crippen molar-refractivity contribution in [1.29, 1.82) is 0 Å². The maximum absolute atomic E-state index is 5.71. The molecule has 20 heavy (non-hydrogen) atoms. The SMILES string of the molecule is Brc1ccc(CNC2CCOc3ccc(Br)cc32)cc1. The molecule has 0 radical (unpaired) electrons. The molecule has 104 valence electrons. The average Bonchev–Trinajstić information content (AvgIpc) is 2.47. The molecule has 1 N–H and O–H groups in total. The zero-order valence-electron chi connectivity index (χ0n) is 10.9. The molecule has 1 atom stereocenters. The first-order chi connectivity index (χ1) is 9.72. The van der Waals surface area contributed by atoms with Gasteiger partial charge in [0.25, 0.3) is 0 Å². The summed E-state index contributed by atoms with van der Waals surface area (Å²) in [6, 6.07) is 15.0. The largest absolute Gasteiger partial charge is 0.493 e. The minimum Gasteiger partial charge on any atom is -0.493 e. The molecule has 2 aromatic rings. The molecule has 1 aliphatic rings. The second kappa shape index (κ2) is 6.29. The van der Waals surface area contributed by atoms with E-state index in [9.17, 15) is 0 Å². The van der Waals surface area contributed by atoms with E-state index in [2.05, 4.69) is 67.5 Å². The van der Waals surface area contributed by atoms with Gasteiger partial charge in [-0.2, -0.15) is 0 Å². The number of benzene rings is 2. The molecule has 0 amide bonds. The van der Waals surface area contributed by atoms with Gasteiger partial charge in [-0.3, -0.25) is 0 Å². The van der Waals surface area contributed by atoms with Crippen molar-refractivity contribution in [2.24, 2.45) is 0 Å². The number of nitrogens with one attached hydrogen (secondary N) is 1. The molecule has 0 saturated heterocycles. The highest BCUT2D eigenvalue weighted by molar-refractivity contribution is 9.10. The molecular formula is C16H15Br2NO. The smallest absolute Gasteiger partial charge is 0.124 e. The lowest BCUT2D eigenvalue weighted by molar-refractivity contribution is 0.252. The van der Waals surface area contributed by atoms with Gasteiger partial charge in [-0.15, -0.1) is 0 Å². The van der Waals surface area contributed by atoms with Crippen LogP contribution in [-0.4, -0.2) is 6.61 Å². The van der Waals surface area contributed by atoms with Gasteiger partial charge in [0.15, 0.2) is 0 Å². The Hall–Kier alpha value is -0.840. The highest BCUT2D eigenvalue weighted by Gasteiger charge is 2.21. The predicted molar refractivity (Wildman–Crippen MR) is 88.0 cm³/mol. The van der Waals surface area contributed by atoms with Crippen LogP contribution in [-0.2, 0) is 6.54 Å². The summed E-state index contributed by atoms with van der Waals surface area (Å²) in [7, 11) is 0. The molecule has 3 rings (SSSR count). The molecular weight excluding hydrogens is 382 g/mol. The molecule has 0 aromatic heterocycles. The lowest BCUT2D eigenvalue weighted by Crippen LogP contribution is -2.26. The van der Waals surface area contributed by atoms with E-state index in [-0.39, 0.29) is 0 Å². The van der Waals surface area contributed by atoms with Crippen molar-refractivity contribution >= 4 is 31.9 Å². The number of hydrogen-bond donors (Lipinski definition) is 1. The maximum atomic E-state index is 5.71. The number of halogens is 2. The number of rotatable bonds is 3. The summed E-state index contributed by atoms with van der Waals surface area (Å²) in [5, 5.41) is 3.62. The van der Waals surface area contributed by atoms with Crippen LogP contribution in [0.2, 0.25) is 0 Å². The van der Waals surface area contributed by atoms with Crippen molar-refractivity contribution < 1.29 is 4.74 Å². The molecule has 1 unspecified atom stereocenters. The summed E-state index contributed by atoms with van der Waals surface area (Å²) in [4.78, 5) is 0. The summed E-state index contributed by atoms with van der Waals surface area (Å²) in [5.41, 5.74) is 2.53. The maximum Gasteiger partial charge on any atom is 0.124 e. The van der Waals surface area contributed by atoms with Crippen LogP contribution >= 0.6 is 31.9 Å². The third-order valence-corrected chi connectivity index (χ3v) is 4.50. The van der Waals surface area contributed by atoms with E-state index in [1.165, 1.54) is 11.1 Å². The van der Waals surface area contributed by atoms with E-state index >= 15 is 0 Å². The second-order valence-corrected chi connectivity index (χ2v) is 6.71. The molecule has 2 nitrogen and oxygen atoms in total. The fourth-order valence-electron chi connectivity index (χ4n) is 2.42. The van der Waals surface area contributed by atoms with Gasteiger partial charge in [-0.25, -0.2) is 0 Å². The normalized spacial score (nSPS) is 17.4. The first kappa shape index (κ1) is 14.1. The summed E-state index contributed by atoms with van der Waals surface area (Å²) in [6.07, 6.45) is 1.000. The average molecular weight is 397 g/mol. The molecule has 0 spiro atoms. The third-order valence-electron chi connectivity index (χ3n) is 3.48.